The molecule has 19 heteroatoms. The zero-order valence-corrected chi connectivity index (χ0v) is 74.9. The van der Waals surface area contributed by atoms with Gasteiger partial charge in [0.05, 0.1) is 38.6 Å². The SMILES string of the molecule is CC/C=C\C/C=C\C/C=C\C/C=C\CCCCCCCCCCCCCCCCCCCCCCCCCCCCCCC(=O)NC(COC1OC(CO)C(OC2OC(CO)C(OC3OC(CO)C(O)C(O)C3O)C(O)C2O)C(O)C1O)C(O)/C=C/CC/C=C/CCCCCCCCCCCCCCCCCCCCCCCCCCCC. The summed E-state index contributed by atoms with van der Waals surface area (Å²) >= 11 is 0. The van der Waals surface area contributed by atoms with E-state index in [2.05, 4.69) is 79.9 Å². The second-order valence-corrected chi connectivity index (χ2v) is 34.9. The Morgan fingerprint density at radius 2 is 0.593 bits per heavy atom. The van der Waals surface area contributed by atoms with Crippen molar-refractivity contribution in [2.24, 2.45) is 0 Å². The maximum absolute atomic E-state index is 13.5. The predicted octanol–water partition coefficient (Wildman–Crippen LogP) is 20.3. The zero-order valence-electron chi connectivity index (χ0n) is 74.9. The number of aliphatic hydroxyl groups is 11. The van der Waals surface area contributed by atoms with Crippen LogP contribution in [-0.4, -0.2) is 193 Å². The minimum absolute atomic E-state index is 0.238. The van der Waals surface area contributed by atoms with Crippen molar-refractivity contribution in [2.45, 2.75) is 523 Å². The van der Waals surface area contributed by atoms with Crippen LogP contribution in [0.15, 0.2) is 72.9 Å². The molecule has 19 nitrogen and oxygen atoms in total. The fraction of sp³-hybridized carbons (Fsp3) is 0.869. The molecule has 118 heavy (non-hydrogen) atoms. The molecule has 17 atom stereocenters. The Morgan fingerprint density at radius 1 is 0.314 bits per heavy atom. The monoisotopic (exact) mass is 1670 g/mol. The second kappa shape index (κ2) is 77.8. The Bertz CT molecular complexity index is 2410. The summed E-state index contributed by atoms with van der Waals surface area (Å²) in [5.74, 6) is -0.277. The van der Waals surface area contributed by atoms with Gasteiger partial charge in [0.15, 0.2) is 18.9 Å². The van der Waals surface area contributed by atoms with Gasteiger partial charge in [-0.15, -0.1) is 0 Å². The predicted molar refractivity (Wildman–Crippen MR) is 480 cm³/mol. The zero-order chi connectivity index (χ0) is 85.2. The summed E-state index contributed by atoms with van der Waals surface area (Å²) in [4.78, 5) is 13.5. The first-order chi connectivity index (χ1) is 57.8. The molecule has 0 saturated carbocycles. The van der Waals surface area contributed by atoms with E-state index in [4.69, 9.17) is 28.4 Å². The van der Waals surface area contributed by atoms with Gasteiger partial charge < -0.3 is 89.9 Å². The van der Waals surface area contributed by atoms with E-state index in [0.29, 0.717) is 12.8 Å². The summed E-state index contributed by atoms with van der Waals surface area (Å²) in [6, 6.07) is -0.993. The van der Waals surface area contributed by atoms with Crippen LogP contribution in [0.1, 0.15) is 418 Å². The number of allylic oxidation sites excluding steroid dienone is 11. The van der Waals surface area contributed by atoms with Crippen LogP contribution in [0.5, 0.6) is 0 Å². The molecule has 3 saturated heterocycles. The number of hydrogen-bond donors (Lipinski definition) is 12. The largest absolute Gasteiger partial charge is 0.394 e. The van der Waals surface area contributed by atoms with Gasteiger partial charge in [0.2, 0.25) is 5.91 Å². The molecule has 1 amide bonds. The molecule has 3 fully saturated rings. The van der Waals surface area contributed by atoms with Gasteiger partial charge in [-0.2, -0.15) is 0 Å². The van der Waals surface area contributed by atoms with E-state index >= 15 is 0 Å². The second-order valence-electron chi connectivity index (χ2n) is 34.9. The lowest BCUT2D eigenvalue weighted by molar-refractivity contribution is -0.379. The van der Waals surface area contributed by atoms with Crippen molar-refractivity contribution in [1.29, 1.82) is 0 Å². The van der Waals surface area contributed by atoms with Gasteiger partial charge in [0.25, 0.3) is 0 Å². The first kappa shape index (κ1) is 109. The van der Waals surface area contributed by atoms with Crippen LogP contribution in [0.25, 0.3) is 0 Å². The van der Waals surface area contributed by atoms with Crippen molar-refractivity contribution in [2.75, 3.05) is 26.4 Å². The Morgan fingerprint density at radius 3 is 0.949 bits per heavy atom. The van der Waals surface area contributed by atoms with Crippen molar-refractivity contribution >= 4 is 5.91 Å². The number of amides is 1. The quantitative estimate of drug-likeness (QED) is 0.0199. The van der Waals surface area contributed by atoms with Crippen molar-refractivity contribution < 1.29 is 89.4 Å². The molecule has 0 aromatic heterocycles. The van der Waals surface area contributed by atoms with Crippen molar-refractivity contribution in [3.8, 4) is 0 Å². The van der Waals surface area contributed by atoms with Crippen LogP contribution in [0.3, 0.4) is 0 Å². The molecule has 690 valence electrons. The first-order valence-electron chi connectivity index (χ1n) is 49.2. The van der Waals surface area contributed by atoms with Crippen LogP contribution in [-0.2, 0) is 33.2 Å². The van der Waals surface area contributed by atoms with E-state index in [1.165, 1.54) is 321 Å². The maximum Gasteiger partial charge on any atom is 0.220 e. The summed E-state index contributed by atoms with van der Waals surface area (Å²) in [5.41, 5.74) is 0. The molecule has 3 aliphatic rings. The van der Waals surface area contributed by atoms with E-state index in [9.17, 15) is 61.0 Å². The highest BCUT2D eigenvalue weighted by molar-refractivity contribution is 5.76. The Hall–Kier alpha value is -2.77. The summed E-state index contributed by atoms with van der Waals surface area (Å²) in [6.07, 6.45) is 79.5. The lowest BCUT2D eigenvalue weighted by Gasteiger charge is -2.48. The Kier molecular flexibility index (Phi) is 72.1. The third-order valence-electron chi connectivity index (χ3n) is 24.2. The molecule has 12 N–H and O–H groups in total. The molecule has 0 aliphatic carbocycles. The minimum Gasteiger partial charge on any atom is -0.394 e. The van der Waals surface area contributed by atoms with Crippen LogP contribution in [0, 0.1) is 0 Å². The number of carbonyl (C=O) groups excluding carboxylic acids is 1. The van der Waals surface area contributed by atoms with Crippen molar-refractivity contribution in [3.63, 3.8) is 0 Å². The van der Waals surface area contributed by atoms with Crippen molar-refractivity contribution in [1.82, 2.24) is 5.32 Å². The lowest BCUT2D eigenvalue weighted by atomic mass is 9.96. The molecule has 0 aromatic rings. The average Bonchev–Trinajstić information content (AvgIpc) is 0.777. The molecule has 0 spiro atoms. The standard InChI is InChI=1S/C99H181NO18/c1-3-5-7-9-11-13-15-17-19-21-23-25-27-29-31-33-35-37-38-39-40-41-42-43-44-45-47-49-51-53-55-57-59-61-63-65-67-69-71-73-75-77-87(105)100-82(83(104)76-74-72-70-68-66-64-62-60-58-56-54-52-50-48-46-36-34-32-30-28-26-24-22-20-18-16-14-12-10-8-6-4-2)81-113-97-93(111)90(108)95(85(79-102)115-97)118-99-94(112)91(109)96(86(80-103)116-99)117-98-92(110)89(107)88(106)84(78-101)114-98/h5,7,11,13,17,19,23,25,66,68,74,76,82-86,88-99,101-104,106-112H,3-4,6,8-10,12,14-16,18,20-22,24,26-65,67,69-73,75,77-81H2,1-2H3,(H,100,105)/b7-5-,13-11-,19-17-,25-23-,68-66+,76-74+. The third-order valence-corrected chi connectivity index (χ3v) is 24.2. The minimum atomic E-state index is -1.98. The normalized spacial score (nSPS) is 24.6. The van der Waals surface area contributed by atoms with E-state index < -0.39 is 124 Å². The summed E-state index contributed by atoms with van der Waals surface area (Å²) in [7, 11) is 0. The number of unbranched alkanes of at least 4 members (excludes halogenated alkanes) is 55. The first-order valence-corrected chi connectivity index (χ1v) is 49.2. The maximum atomic E-state index is 13.5. The number of rotatable bonds is 81. The number of nitrogens with one attached hydrogen (secondary N) is 1. The average molecular weight is 1670 g/mol. The molecule has 0 bridgehead atoms. The third kappa shape index (κ3) is 54.9. The highest BCUT2D eigenvalue weighted by Crippen LogP contribution is 2.34. The van der Waals surface area contributed by atoms with Gasteiger partial charge in [-0.3, -0.25) is 4.79 Å². The number of ether oxygens (including phenoxy) is 6. The molecular weight excluding hydrogens is 1490 g/mol. The van der Waals surface area contributed by atoms with Gasteiger partial charge in [0, 0.05) is 6.42 Å². The van der Waals surface area contributed by atoms with Crippen LogP contribution in [0.2, 0.25) is 0 Å². The van der Waals surface area contributed by atoms with Crippen LogP contribution in [0.4, 0.5) is 0 Å². The molecular formula is C99H181NO18. The Balaban J connectivity index is 1.29. The molecule has 3 rings (SSSR count). The smallest absolute Gasteiger partial charge is 0.220 e. The van der Waals surface area contributed by atoms with Gasteiger partial charge >= 0.3 is 0 Å². The van der Waals surface area contributed by atoms with E-state index in [1.54, 1.807) is 6.08 Å². The van der Waals surface area contributed by atoms with Gasteiger partial charge in [-0.1, -0.05) is 414 Å². The van der Waals surface area contributed by atoms with Gasteiger partial charge in [-0.25, -0.2) is 0 Å². The van der Waals surface area contributed by atoms with E-state index in [0.717, 1.165) is 64.2 Å². The molecule has 0 radical (unpaired) electrons. The van der Waals surface area contributed by atoms with Crippen molar-refractivity contribution in [3.05, 3.63) is 72.9 Å². The molecule has 17 unspecified atom stereocenters. The van der Waals surface area contributed by atoms with Gasteiger partial charge in [-0.05, 0) is 70.6 Å². The number of hydrogen-bond acceptors (Lipinski definition) is 18. The topological polar surface area (TPSA) is 307 Å². The Labute approximate surface area is 718 Å². The molecule has 3 aliphatic heterocycles. The number of carbonyl (C=O) groups is 1. The van der Waals surface area contributed by atoms with Crippen LogP contribution >= 0.6 is 0 Å². The molecule has 3 heterocycles. The summed E-state index contributed by atoms with van der Waals surface area (Å²) < 4.78 is 34.6. The number of aliphatic hydroxyl groups excluding tert-OH is 11. The van der Waals surface area contributed by atoms with Crippen LogP contribution < -0.4 is 5.32 Å². The summed E-state index contributed by atoms with van der Waals surface area (Å²) in [6.45, 7) is 1.67. The fourth-order valence-corrected chi connectivity index (χ4v) is 16.5. The van der Waals surface area contributed by atoms with Gasteiger partial charge in [0.1, 0.15) is 73.2 Å². The lowest BCUT2D eigenvalue weighted by Crippen LogP contribution is -2.66. The van der Waals surface area contributed by atoms with E-state index in [1.807, 2.05) is 6.08 Å². The highest BCUT2D eigenvalue weighted by atomic mass is 16.8. The van der Waals surface area contributed by atoms with E-state index in [-0.39, 0.29) is 18.9 Å². The summed E-state index contributed by atoms with van der Waals surface area (Å²) in [5, 5.41) is 121. The highest BCUT2D eigenvalue weighted by Gasteiger charge is 2.54. The molecule has 0 aromatic carbocycles. The fourth-order valence-electron chi connectivity index (χ4n) is 16.5.